The summed E-state index contributed by atoms with van der Waals surface area (Å²) in [5.74, 6) is -0.102. The highest BCUT2D eigenvalue weighted by atomic mass is 16.6. The fraction of sp³-hybridized carbons (Fsp3) is 0.389. The third-order valence-corrected chi connectivity index (χ3v) is 3.99. The van der Waals surface area contributed by atoms with Crippen molar-refractivity contribution in [3.8, 4) is 0 Å². The lowest BCUT2D eigenvalue weighted by Gasteiger charge is -2.24. The molecule has 0 fully saturated rings. The van der Waals surface area contributed by atoms with Crippen molar-refractivity contribution in [2.75, 3.05) is 39.0 Å². The van der Waals surface area contributed by atoms with Gasteiger partial charge in [0.1, 0.15) is 12.3 Å². The minimum Gasteiger partial charge on any atom is -0.360 e. The van der Waals surface area contributed by atoms with Crippen molar-refractivity contribution in [2.45, 2.75) is 13.8 Å². The minimum absolute atomic E-state index is 0.138. The number of nitrogens with one attached hydrogen (secondary N) is 1. The van der Waals surface area contributed by atoms with Crippen LogP contribution in [0.15, 0.2) is 28.8 Å². The summed E-state index contributed by atoms with van der Waals surface area (Å²) in [6.45, 7) is 3.87. The van der Waals surface area contributed by atoms with E-state index in [9.17, 15) is 19.7 Å². The predicted octanol–water partition coefficient (Wildman–Crippen LogP) is 1.84. The number of rotatable bonds is 8. The van der Waals surface area contributed by atoms with E-state index in [-0.39, 0.29) is 30.2 Å². The molecule has 1 N–H and O–H groups in total. The van der Waals surface area contributed by atoms with E-state index in [1.54, 1.807) is 19.9 Å². The summed E-state index contributed by atoms with van der Waals surface area (Å²) < 4.78 is 4.90. The normalized spacial score (nSPS) is 10.8. The van der Waals surface area contributed by atoms with E-state index < -0.39 is 16.7 Å². The van der Waals surface area contributed by atoms with E-state index in [1.807, 2.05) is 19.0 Å². The summed E-state index contributed by atoms with van der Waals surface area (Å²) >= 11 is 0. The van der Waals surface area contributed by atoms with Gasteiger partial charge < -0.3 is 19.6 Å². The summed E-state index contributed by atoms with van der Waals surface area (Å²) in [5.41, 5.74) is 0.475. The Morgan fingerprint density at radius 3 is 2.50 bits per heavy atom. The first kappa shape index (κ1) is 21.0. The first-order chi connectivity index (χ1) is 13.2. The van der Waals surface area contributed by atoms with Gasteiger partial charge in [-0.25, -0.2) is 0 Å². The van der Waals surface area contributed by atoms with Crippen LogP contribution in [-0.2, 0) is 4.79 Å². The first-order valence-electron chi connectivity index (χ1n) is 8.59. The molecule has 0 spiro atoms. The summed E-state index contributed by atoms with van der Waals surface area (Å²) in [6, 6.07) is 5.84. The molecule has 2 rings (SSSR count). The Hall–Kier alpha value is -3.27. The molecule has 28 heavy (non-hydrogen) atoms. The van der Waals surface area contributed by atoms with Gasteiger partial charge in [0.25, 0.3) is 11.6 Å². The number of likely N-dealkylation sites (N-methyl/N-ethyl adjacent to an activating group) is 1. The maximum absolute atomic E-state index is 12.9. The van der Waals surface area contributed by atoms with Crippen molar-refractivity contribution < 1.29 is 19.0 Å². The molecule has 2 amide bonds. The Kier molecular flexibility index (Phi) is 6.83. The van der Waals surface area contributed by atoms with Gasteiger partial charge in [-0.2, -0.15) is 0 Å². The summed E-state index contributed by atoms with van der Waals surface area (Å²) in [6.07, 6.45) is 0. The van der Waals surface area contributed by atoms with Gasteiger partial charge in [-0.1, -0.05) is 11.2 Å². The summed E-state index contributed by atoms with van der Waals surface area (Å²) in [7, 11) is 3.69. The van der Waals surface area contributed by atoms with E-state index in [0.717, 1.165) is 0 Å². The van der Waals surface area contributed by atoms with Gasteiger partial charge >= 0.3 is 0 Å². The number of anilines is 1. The number of carbonyl (C=O) groups is 2. The van der Waals surface area contributed by atoms with Crippen LogP contribution < -0.4 is 5.32 Å². The van der Waals surface area contributed by atoms with Gasteiger partial charge in [-0.3, -0.25) is 19.7 Å². The van der Waals surface area contributed by atoms with Crippen LogP contribution in [0, 0.1) is 24.0 Å². The van der Waals surface area contributed by atoms with Crippen molar-refractivity contribution in [1.82, 2.24) is 15.0 Å². The smallest absolute Gasteiger partial charge is 0.273 e. The molecule has 1 aromatic heterocycles. The lowest BCUT2D eigenvalue weighted by molar-refractivity contribution is -0.385. The molecule has 0 aliphatic carbocycles. The molecule has 0 saturated carbocycles. The van der Waals surface area contributed by atoms with Crippen molar-refractivity contribution >= 4 is 23.3 Å². The van der Waals surface area contributed by atoms with E-state index in [1.165, 1.54) is 23.1 Å². The Morgan fingerprint density at radius 2 is 1.93 bits per heavy atom. The number of hydrogen-bond donors (Lipinski definition) is 1. The van der Waals surface area contributed by atoms with Gasteiger partial charge in [-0.05, 0) is 34.0 Å². The summed E-state index contributed by atoms with van der Waals surface area (Å²) in [4.78, 5) is 39.1. The number of amides is 2. The maximum atomic E-state index is 12.9. The molecule has 0 atom stereocenters. The fourth-order valence-electron chi connectivity index (χ4n) is 2.48. The highest BCUT2D eigenvalue weighted by molar-refractivity contribution is 5.99. The Labute approximate surface area is 162 Å². The molecule has 0 radical (unpaired) electrons. The second-order valence-corrected chi connectivity index (χ2v) is 6.66. The molecular weight excluding hydrogens is 366 g/mol. The number of benzene rings is 1. The average Bonchev–Trinajstić information content (AvgIpc) is 3.02. The number of nitro benzene ring substituents is 1. The number of hydrogen-bond acceptors (Lipinski definition) is 7. The van der Waals surface area contributed by atoms with Crippen LogP contribution in [0.3, 0.4) is 0 Å². The number of carbonyl (C=O) groups excluding carboxylic acids is 2. The number of nitro groups is 1. The van der Waals surface area contributed by atoms with Crippen molar-refractivity contribution in [3.63, 3.8) is 0 Å². The highest BCUT2D eigenvalue weighted by Gasteiger charge is 2.22. The van der Waals surface area contributed by atoms with Crippen molar-refractivity contribution in [2.24, 2.45) is 0 Å². The van der Waals surface area contributed by atoms with Crippen LogP contribution in [-0.4, -0.2) is 65.4 Å². The molecule has 1 heterocycles. The predicted molar refractivity (Wildman–Crippen MR) is 102 cm³/mol. The molecule has 1 aromatic carbocycles. The van der Waals surface area contributed by atoms with Crippen LogP contribution in [0.2, 0.25) is 0 Å². The topological polar surface area (TPSA) is 122 Å². The van der Waals surface area contributed by atoms with E-state index in [0.29, 0.717) is 17.9 Å². The summed E-state index contributed by atoms with van der Waals surface area (Å²) in [5, 5.41) is 17.4. The SMILES string of the molecule is Cc1cc(NC(=O)CN(CCN(C)C)C(=O)c2ccc(C)c([N+](=O)[O-])c2)no1. The zero-order valence-corrected chi connectivity index (χ0v) is 16.3. The van der Waals surface area contributed by atoms with Gasteiger partial charge in [0.2, 0.25) is 5.91 Å². The Balaban J connectivity index is 2.19. The van der Waals surface area contributed by atoms with Crippen LogP contribution in [0.1, 0.15) is 21.7 Å². The van der Waals surface area contributed by atoms with E-state index in [4.69, 9.17) is 4.52 Å². The molecule has 0 aliphatic rings. The number of aryl methyl sites for hydroxylation is 2. The lowest BCUT2D eigenvalue weighted by Crippen LogP contribution is -2.41. The molecule has 150 valence electrons. The number of aromatic nitrogens is 1. The van der Waals surface area contributed by atoms with Crippen LogP contribution in [0.4, 0.5) is 11.5 Å². The zero-order valence-electron chi connectivity index (χ0n) is 16.3. The molecule has 0 bridgehead atoms. The van der Waals surface area contributed by atoms with Gasteiger partial charge in [-0.15, -0.1) is 0 Å². The monoisotopic (exact) mass is 389 g/mol. The first-order valence-corrected chi connectivity index (χ1v) is 8.59. The Bertz CT molecular complexity index is 877. The minimum atomic E-state index is -0.532. The molecule has 0 unspecified atom stereocenters. The Morgan fingerprint density at radius 1 is 1.21 bits per heavy atom. The maximum Gasteiger partial charge on any atom is 0.273 e. The van der Waals surface area contributed by atoms with E-state index in [2.05, 4.69) is 10.5 Å². The molecule has 0 aliphatic heterocycles. The average molecular weight is 389 g/mol. The quantitative estimate of drug-likeness (QED) is 0.540. The van der Waals surface area contributed by atoms with E-state index >= 15 is 0 Å². The molecular formula is C18H23N5O5. The molecule has 0 saturated heterocycles. The molecule has 10 heteroatoms. The van der Waals surface area contributed by atoms with Crippen LogP contribution in [0.25, 0.3) is 0 Å². The molecule has 2 aromatic rings. The largest absolute Gasteiger partial charge is 0.360 e. The van der Waals surface area contributed by atoms with Crippen molar-refractivity contribution in [1.29, 1.82) is 0 Å². The highest BCUT2D eigenvalue weighted by Crippen LogP contribution is 2.20. The standard InChI is InChI=1S/C18H23N5O5/c1-12-5-6-14(10-15(12)23(26)27)18(25)22(8-7-21(3)4)11-17(24)19-16-9-13(2)28-20-16/h5-6,9-10H,7-8,11H2,1-4H3,(H,19,20,24). The number of nitrogens with zero attached hydrogens (tertiary/aromatic N) is 4. The second-order valence-electron chi connectivity index (χ2n) is 6.66. The van der Waals surface area contributed by atoms with Gasteiger partial charge in [0, 0.05) is 36.3 Å². The lowest BCUT2D eigenvalue weighted by atomic mass is 10.1. The zero-order chi connectivity index (χ0) is 20.8. The van der Waals surface area contributed by atoms with Crippen molar-refractivity contribution in [3.05, 3.63) is 51.3 Å². The van der Waals surface area contributed by atoms with Crippen LogP contribution >= 0.6 is 0 Å². The van der Waals surface area contributed by atoms with Gasteiger partial charge in [0.15, 0.2) is 5.82 Å². The third kappa shape index (κ3) is 5.61. The fourth-order valence-corrected chi connectivity index (χ4v) is 2.48. The molecule has 10 nitrogen and oxygen atoms in total. The van der Waals surface area contributed by atoms with Crippen LogP contribution in [0.5, 0.6) is 0 Å². The second kappa shape index (κ2) is 9.09. The van der Waals surface area contributed by atoms with Gasteiger partial charge in [0.05, 0.1) is 4.92 Å². The third-order valence-electron chi connectivity index (χ3n) is 3.99.